The molecule has 0 atom stereocenters. The van der Waals surface area contributed by atoms with Crippen molar-refractivity contribution >= 4 is 23.6 Å². The number of hydrogen-bond acceptors (Lipinski definition) is 9. The van der Waals surface area contributed by atoms with Crippen molar-refractivity contribution in [3.8, 4) is 11.8 Å². The van der Waals surface area contributed by atoms with Crippen LogP contribution in [0.25, 0.3) is 0 Å². The molecule has 0 radical (unpaired) electrons. The van der Waals surface area contributed by atoms with Crippen molar-refractivity contribution in [2.75, 3.05) is 24.4 Å². The van der Waals surface area contributed by atoms with Crippen LogP contribution < -0.4 is 15.4 Å². The molecule has 1 heterocycles. The molecule has 3 aromatic rings. The number of hydrogen-bond donors (Lipinski definition) is 3. The van der Waals surface area contributed by atoms with Crippen molar-refractivity contribution in [3.05, 3.63) is 59.7 Å². The fraction of sp³-hybridized carbons (Fsp3) is 0.200. The standard InChI is InChI=1S/C20H21N5O4/c1-3-29-17(27)14-6-8-15(9-7-14)22-19-23-18(24-20(25-19)28-2)21-12-13-4-10-16(26)11-5-13/h4-11,26H,3,12H2,1-2H3,(H2,21,22,23,24,25). The van der Waals surface area contributed by atoms with Crippen LogP contribution in [0.4, 0.5) is 17.6 Å². The van der Waals surface area contributed by atoms with E-state index in [1.165, 1.54) is 7.11 Å². The number of methoxy groups -OCH3 is 1. The molecule has 150 valence electrons. The van der Waals surface area contributed by atoms with E-state index in [2.05, 4.69) is 25.6 Å². The van der Waals surface area contributed by atoms with Gasteiger partial charge in [-0.2, -0.15) is 15.0 Å². The number of anilines is 3. The van der Waals surface area contributed by atoms with Crippen molar-refractivity contribution in [1.82, 2.24) is 15.0 Å². The molecule has 0 bridgehead atoms. The highest BCUT2D eigenvalue weighted by Gasteiger charge is 2.09. The minimum atomic E-state index is -0.374. The SMILES string of the molecule is CCOC(=O)c1ccc(Nc2nc(NCc3ccc(O)cc3)nc(OC)n2)cc1. The third-order valence-electron chi connectivity index (χ3n) is 3.84. The fourth-order valence-corrected chi connectivity index (χ4v) is 2.41. The molecule has 9 heteroatoms. The van der Waals surface area contributed by atoms with Crippen molar-refractivity contribution in [1.29, 1.82) is 0 Å². The molecule has 9 nitrogen and oxygen atoms in total. The molecule has 0 aliphatic heterocycles. The topological polar surface area (TPSA) is 118 Å². The predicted molar refractivity (Wildman–Crippen MR) is 107 cm³/mol. The molecular weight excluding hydrogens is 374 g/mol. The van der Waals surface area contributed by atoms with Gasteiger partial charge in [0.05, 0.1) is 19.3 Å². The van der Waals surface area contributed by atoms with Crippen LogP contribution in [0.1, 0.15) is 22.8 Å². The van der Waals surface area contributed by atoms with Gasteiger partial charge in [0.2, 0.25) is 11.9 Å². The van der Waals surface area contributed by atoms with Gasteiger partial charge in [-0.25, -0.2) is 4.79 Å². The Morgan fingerprint density at radius 1 is 1.00 bits per heavy atom. The van der Waals surface area contributed by atoms with E-state index in [0.717, 1.165) is 5.56 Å². The molecule has 3 rings (SSSR count). The molecule has 0 unspecified atom stereocenters. The molecule has 0 saturated heterocycles. The summed E-state index contributed by atoms with van der Waals surface area (Å²) in [7, 11) is 1.47. The molecule has 0 aliphatic rings. The van der Waals surface area contributed by atoms with E-state index in [0.29, 0.717) is 30.4 Å². The lowest BCUT2D eigenvalue weighted by atomic mass is 10.2. The Morgan fingerprint density at radius 2 is 1.69 bits per heavy atom. The Hall–Kier alpha value is -3.88. The molecular formula is C20H21N5O4. The van der Waals surface area contributed by atoms with E-state index in [-0.39, 0.29) is 23.7 Å². The van der Waals surface area contributed by atoms with Gasteiger partial charge in [0, 0.05) is 12.2 Å². The molecule has 29 heavy (non-hydrogen) atoms. The maximum Gasteiger partial charge on any atom is 0.338 e. The smallest absolute Gasteiger partial charge is 0.338 e. The first-order valence-corrected chi connectivity index (χ1v) is 8.93. The van der Waals surface area contributed by atoms with Crippen molar-refractivity contribution in [2.24, 2.45) is 0 Å². The van der Waals surface area contributed by atoms with Crippen LogP contribution in [-0.2, 0) is 11.3 Å². The first-order chi connectivity index (χ1) is 14.1. The van der Waals surface area contributed by atoms with Crippen LogP contribution in [-0.4, -0.2) is 39.7 Å². The minimum absolute atomic E-state index is 0.152. The predicted octanol–water partition coefficient (Wildman–Crippen LogP) is 3.12. The van der Waals surface area contributed by atoms with Gasteiger partial charge < -0.3 is 25.2 Å². The highest BCUT2D eigenvalue weighted by atomic mass is 16.5. The summed E-state index contributed by atoms with van der Waals surface area (Å²) < 4.78 is 10.1. The Bertz CT molecular complexity index is 962. The van der Waals surface area contributed by atoms with Crippen LogP contribution in [0.2, 0.25) is 0 Å². The maximum atomic E-state index is 11.7. The molecule has 0 amide bonds. The van der Waals surface area contributed by atoms with Gasteiger partial charge in [-0.1, -0.05) is 12.1 Å². The number of benzene rings is 2. The van der Waals surface area contributed by atoms with E-state index in [1.807, 2.05) is 0 Å². The molecule has 0 spiro atoms. The lowest BCUT2D eigenvalue weighted by Crippen LogP contribution is -2.08. The average Bonchev–Trinajstić information content (AvgIpc) is 2.74. The normalized spacial score (nSPS) is 10.3. The van der Waals surface area contributed by atoms with E-state index in [9.17, 15) is 9.90 Å². The largest absolute Gasteiger partial charge is 0.508 e. The quantitative estimate of drug-likeness (QED) is 0.494. The van der Waals surface area contributed by atoms with Crippen molar-refractivity contribution in [3.63, 3.8) is 0 Å². The minimum Gasteiger partial charge on any atom is -0.508 e. The third kappa shape index (κ3) is 5.55. The van der Waals surface area contributed by atoms with Crippen molar-refractivity contribution < 1.29 is 19.4 Å². The summed E-state index contributed by atoms with van der Waals surface area (Å²) in [6.45, 7) is 2.54. The molecule has 2 aromatic carbocycles. The zero-order chi connectivity index (χ0) is 20.6. The molecule has 3 N–H and O–H groups in total. The van der Waals surface area contributed by atoms with Crippen LogP contribution in [0, 0.1) is 0 Å². The Balaban J connectivity index is 1.71. The van der Waals surface area contributed by atoms with Gasteiger partial charge in [0.15, 0.2) is 0 Å². The molecule has 0 fully saturated rings. The Kier molecular flexibility index (Phi) is 6.41. The highest BCUT2D eigenvalue weighted by molar-refractivity contribution is 5.89. The maximum absolute atomic E-state index is 11.7. The van der Waals surface area contributed by atoms with Crippen LogP contribution >= 0.6 is 0 Å². The van der Waals surface area contributed by atoms with E-state index in [1.54, 1.807) is 55.5 Å². The first-order valence-electron chi connectivity index (χ1n) is 8.93. The van der Waals surface area contributed by atoms with Crippen molar-refractivity contribution in [2.45, 2.75) is 13.5 Å². The lowest BCUT2D eigenvalue weighted by Gasteiger charge is -2.10. The summed E-state index contributed by atoms with van der Waals surface area (Å²) in [5.74, 6) is 0.446. The van der Waals surface area contributed by atoms with Crippen LogP contribution in [0.15, 0.2) is 48.5 Å². The van der Waals surface area contributed by atoms with Gasteiger partial charge >= 0.3 is 12.0 Å². The summed E-state index contributed by atoms with van der Waals surface area (Å²) >= 11 is 0. The number of ether oxygens (including phenoxy) is 2. The Morgan fingerprint density at radius 3 is 2.34 bits per heavy atom. The van der Waals surface area contributed by atoms with Gasteiger partial charge in [0.1, 0.15) is 5.75 Å². The first kappa shape index (κ1) is 19.9. The van der Waals surface area contributed by atoms with E-state index in [4.69, 9.17) is 9.47 Å². The number of nitrogens with one attached hydrogen (secondary N) is 2. The second-order valence-corrected chi connectivity index (χ2v) is 5.91. The van der Waals surface area contributed by atoms with Gasteiger partial charge in [-0.3, -0.25) is 0 Å². The number of phenolic OH excluding ortho intramolecular Hbond substituents is 1. The molecule has 1 aromatic heterocycles. The number of nitrogens with zero attached hydrogens (tertiary/aromatic N) is 3. The number of carbonyl (C=O) groups is 1. The fourth-order valence-electron chi connectivity index (χ4n) is 2.41. The zero-order valence-electron chi connectivity index (χ0n) is 16.0. The number of aromatic hydroxyl groups is 1. The number of phenols is 1. The Labute approximate surface area is 167 Å². The van der Waals surface area contributed by atoms with Gasteiger partial charge in [-0.05, 0) is 48.9 Å². The third-order valence-corrected chi connectivity index (χ3v) is 3.84. The van der Waals surface area contributed by atoms with Gasteiger partial charge in [0.25, 0.3) is 0 Å². The molecule has 0 saturated carbocycles. The number of rotatable bonds is 8. The lowest BCUT2D eigenvalue weighted by molar-refractivity contribution is 0.0526. The second kappa shape index (κ2) is 9.36. The summed E-state index contributed by atoms with van der Waals surface area (Å²) in [5.41, 5.74) is 2.10. The number of aromatic nitrogens is 3. The summed E-state index contributed by atoms with van der Waals surface area (Å²) in [4.78, 5) is 24.4. The van der Waals surface area contributed by atoms with E-state index < -0.39 is 0 Å². The average molecular weight is 395 g/mol. The van der Waals surface area contributed by atoms with Crippen LogP contribution in [0.3, 0.4) is 0 Å². The monoisotopic (exact) mass is 395 g/mol. The van der Waals surface area contributed by atoms with E-state index >= 15 is 0 Å². The highest BCUT2D eigenvalue weighted by Crippen LogP contribution is 2.18. The number of carbonyl (C=O) groups excluding carboxylic acids is 1. The zero-order valence-corrected chi connectivity index (χ0v) is 16.0. The number of esters is 1. The molecule has 0 aliphatic carbocycles. The summed E-state index contributed by atoms with van der Waals surface area (Å²) in [5, 5.41) is 15.5. The summed E-state index contributed by atoms with van der Waals surface area (Å²) in [6.07, 6.45) is 0. The van der Waals surface area contributed by atoms with Gasteiger partial charge in [-0.15, -0.1) is 0 Å². The summed E-state index contributed by atoms with van der Waals surface area (Å²) in [6, 6.07) is 13.7. The second-order valence-electron chi connectivity index (χ2n) is 5.91. The van der Waals surface area contributed by atoms with Crippen LogP contribution in [0.5, 0.6) is 11.8 Å².